The Kier molecular flexibility index (Phi) is 8.60. The number of carbonyl (C=O) groups excluding carboxylic acids is 2. The van der Waals surface area contributed by atoms with Gasteiger partial charge in [0.15, 0.2) is 0 Å². The number of nitrogens with two attached hydrogens (primary N) is 1. The number of phenolic OH excluding ortho intramolecular Hbond substituents is 2. The van der Waals surface area contributed by atoms with Crippen molar-refractivity contribution in [3.8, 4) is 11.5 Å². The fraction of sp³-hybridized carbons (Fsp3) is 0.348. The topological polar surface area (TPSA) is 162 Å². The molecule has 9 heteroatoms. The number of carboxylic acid groups (broad SMARTS) is 1. The van der Waals surface area contributed by atoms with E-state index in [1.54, 1.807) is 38.1 Å². The third-order valence-electron chi connectivity index (χ3n) is 5.02. The number of carboxylic acids is 1. The van der Waals surface area contributed by atoms with Crippen molar-refractivity contribution >= 4 is 17.8 Å². The summed E-state index contributed by atoms with van der Waals surface area (Å²) in [7, 11) is 0. The lowest BCUT2D eigenvalue weighted by atomic mass is 10.0. The Bertz CT molecular complexity index is 928. The number of rotatable bonds is 10. The third-order valence-corrected chi connectivity index (χ3v) is 5.02. The first-order valence-corrected chi connectivity index (χ1v) is 10.2. The summed E-state index contributed by atoms with van der Waals surface area (Å²) in [4.78, 5) is 37.2. The van der Waals surface area contributed by atoms with E-state index >= 15 is 0 Å². The molecule has 32 heavy (non-hydrogen) atoms. The molecule has 2 aromatic carbocycles. The number of carbonyl (C=O) groups is 3. The van der Waals surface area contributed by atoms with Gasteiger partial charge in [-0.2, -0.15) is 0 Å². The van der Waals surface area contributed by atoms with Gasteiger partial charge in [-0.1, -0.05) is 38.1 Å². The highest BCUT2D eigenvalue weighted by Gasteiger charge is 2.29. The number of benzene rings is 2. The van der Waals surface area contributed by atoms with Crippen molar-refractivity contribution in [2.75, 3.05) is 0 Å². The predicted molar refractivity (Wildman–Crippen MR) is 118 cm³/mol. The minimum atomic E-state index is -1.25. The van der Waals surface area contributed by atoms with Gasteiger partial charge in [-0.25, -0.2) is 4.79 Å². The van der Waals surface area contributed by atoms with Crippen LogP contribution < -0.4 is 16.4 Å². The molecule has 0 saturated carbocycles. The van der Waals surface area contributed by atoms with Crippen LogP contribution in [0.2, 0.25) is 0 Å². The summed E-state index contributed by atoms with van der Waals surface area (Å²) in [5.41, 5.74) is 7.16. The van der Waals surface area contributed by atoms with Crippen molar-refractivity contribution < 1.29 is 29.7 Å². The van der Waals surface area contributed by atoms with Crippen LogP contribution in [0.15, 0.2) is 48.5 Å². The first-order valence-electron chi connectivity index (χ1n) is 10.2. The standard InChI is InChI=1S/C23H29N3O6/c1-13(2)20(24)22(30)25-18(11-14-3-7-16(27)8-4-14)21(29)26-19(23(31)32)12-15-5-9-17(28)10-6-15/h3-10,13,18-20,27-28H,11-12,24H2,1-2H3,(H,25,30)(H,26,29)(H,31,32). The van der Waals surface area contributed by atoms with E-state index in [1.807, 2.05) is 0 Å². The number of hydrogen-bond acceptors (Lipinski definition) is 6. The SMILES string of the molecule is CC(C)C(N)C(=O)NC(Cc1ccc(O)cc1)C(=O)NC(Cc1ccc(O)cc1)C(=O)O. The molecule has 0 saturated heterocycles. The van der Waals surface area contributed by atoms with E-state index in [4.69, 9.17) is 5.73 Å². The highest BCUT2D eigenvalue weighted by Crippen LogP contribution is 2.14. The zero-order chi connectivity index (χ0) is 23.8. The lowest BCUT2D eigenvalue weighted by Crippen LogP contribution is -2.56. The van der Waals surface area contributed by atoms with Crippen LogP contribution in [0.4, 0.5) is 0 Å². The second kappa shape index (κ2) is 11.1. The lowest BCUT2D eigenvalue weighted by molar-refractivity contribution is -0.142. The molecule has 0 fully saturated rings. The van der Waals surface area contributed by atoms with E-state index in [0.29, 0.717) is 11.1 Å². The molecule has 2 aromatic rings. The molecule has 9 nitrogen and oxygen atoms in total. The monoisotopic (exact) mass is 443 g/mol. The molecule has 172 valence electrons. The number of hydrogen-bond donors (Lipinski definition) is 6. The molecule has 0 radical (unpaired) electrons. The lowest BCUT2D eigenvalue weighted by Gasteiger charge is -2.24. The summed E-state index contributed by atoms with van der Waals surface area (Å²) in [5.74, 6) is -2.49. The summed E-state index contributed by atoms with van der Waals surface area (Å²) in [5, 5.41) is 33.5. The van der Waals surface area contributed by atoms with E-state index in [-0.39, 0.29) is 30.3 Å². The predicted octanol–water partition coefficient (Wildman–Crippen LogP) is 0.921. The Balaban J connectivity index is 2.19. The van der Waals surface area contributed by atoms with Crippen LogP contribution in [0, 0.1) is 5.92 Å². The maximum atomic E-state index is 13.0. The molecule has 2 amide bonds. The van der Waals surface area contributed by atoms with Crippen LogP contribution in [0.25, 0.3) is 0 Å². The molecule has 3 unspecified atom stereocenters. The van der Waals surface area contributed by atoms with Gasteiger partial charge in [0.05, 0.1) is 6.04 Å². The highest BCUT2D eigenvalue weighted by atomic mass is 16.4. The second-order valence-corrected chi connectivity index (χ2v) is 7.97. The molecule has 7 N–H and O–H groups in total. The Hall–Kier alpha value is -3.59. The van der Waals surface area contributed by atoms with Gasteiger partial charge in [-0.15, -0.1) is 0 Å². The average molecular weight is 444 g/mol. The third kappa shape index (κ3) is 7.28. The summed E-state index contributed by atoms with van der Waals surface area (Å²) < 4.78 is 0. The van der Waals surface area contributed by atoms with Gasteiger partial charge in [-0.3, -0.25) is 9.59 Å². The fourth-order valence-corrected chi connectivity index (χ4v) is 2.99. The quantitative estimate of drug-likeness (QED) is 0.318. The largest absolute Gasteiger partial charge is 0.508 e. The number of nitrogens with one attached hydrogen (secondary N) is 2. The van der Waals surface area contributed by atoms with Gasteiger partial charge in [0.25, 0.3) is 0 Å². The normalized spacial score (nSPS) is 13.8. The van der Waals surface area contributed by atoms with Crippen molar-refractivity contribution in [3.05, 3.63) is 59.7 Å². The van der Waals surface area contributed by atoms with E-state index in [9.17, 15) is 29.7 Å². The van der Waals surface area contributed by atoms with Gasteiger partial charge >= 0.3 is 5.97 Å². The molecule has 0 heterocycles. The van der Waals surface area contributed by atoms with Gasteiger partial charge < -0.3 is 31.7 Å². The first-order chi connectivity index (χ1) is 15.1. The van der Waals surface area contributed by atoms with Gasteiger partial charge in [0.2, 0.25) is 11.8 Å². The minimum Gasteiger partial charge on any atom is -0.508 e. The zero-order valence-corrected chi connectivity index (χ0v) is 18.0. The summed E-state index contributed by atoms with van der Waals surface area (Å²) >= 11 is 0. The number of phenols is 2. The Morgan fingerprint density at radius 1 is 0.781 bits per heavy atom. The Morgan fingerprint density at radius 2 is 1.19 bits per heavy atom. The van der Waals surface area contributed by atoms with Gasteiger partial charge in [0.1, 0.15) is 23.6 Å². The van der Waals surface area contributed by atoms with Crippen LogP contribution >= 0.6 is 0 Å². The van der Waals surface area contributed by atoms with Crippen LogP contribution in [0.1, 0.15) is 25.0 Å². The van der Waals surface area contributed by atoms with Crippen molar-refractivity contribution in [1.29, 1.82) is 0 Å². The summed E-state index contributed by atoms with van der Waals surface area (Å²) in [6.07, 6.45) is 0.0704. The second-order valence-electron chi connectivity index (χ2n) is 7.97. The number of aromatic hydroxyl groups is 2. The maximum absolute atomic E-state index is 13.0. The molecule has 0 aliphatic carbocycles. The molecule has 0 aromatic heterocycles. The van der Waals surface area contributed by atoms with E-state index in [0.717, 1.165) is 0 Å². The Labute approximate surface area is 186 Å². The molecule has 3 atom stereocenters. The average Bonchev–Trinajstić information content (AvgIpc) is 2.74. The fourth-order valence-electron chi connectivity index (χ4n) is 2.99. The molecule has 0 aliphatic rings. The number of aliphatic carboxylic acids is 1. The Morgan fingerprint density at radius 3 is 1.59 bits per heavy atom. The summed E-state index contributed by atoms with van der Waals surface area (Å²) in [6, 6.07) is 8.96. The van der Waals surface area contributed by atoms with Crippen molar-refractivity contribution in [3.63, 3.8) is 0 Å². The smallest absolute Gasteiger partial charge is 0.326 e. The molecule has 0 aliphatic heterocycles. The molecular weight excluding hydrogens is 414 g/mol. The van der Waals surface area contributed by atoms with Crippen LogP contribution in [0.3, 0.4) is 0 Å². The van der Waals surface area contributed by atoms with Crippen molar-refractivity contribution in [1.82, 2.24) is 10.6 Å². The van der Waals surface area contributed by atoms with Crippen LogP contribution in [-0.2, 0) is 27.2 Å². The van der Waals surface area contributed by atoms with E-state index in [1.165, 1.54) is 24.3 Å². The van der Waals surface area contributed by atoms with Gasteiger partial charge in [0, 0.05) is 12.8 Å². The van der Waals surface area contributed by atoms with Crippen LogP contribution in [0.5, 0.6) is 11.5 Å². The van der Waals surface area contributed by atoms with Crippen molar-refractivity contribution in [2.45, 2.75) is 44.8 Å². The minimum absolute atomic E-state index is 0.00721. The highest BCUT2D eigenvalue weighted by molar-refractivity contribution is 5.92. The van der Waals surface area contributed by atoms with Gasteiger partial charge in [-0.05, 0) is 41.3 Å². The molecule has 0 bridgehead atoms. The first kappa shape index (κ1) is 24.7. The van der Waals surface area contributed by atoms with Crippen LogP contribution in [-0.4, -0.2) is 51.2 Å². The molecular formula is C23H29N3O6. The summed E-state index contributed by atoms with van der Waals surface area (Å²) in [6.45, 7) is 3.55. The molecule has 2 rings (SSSR count). The molecule has 0 spiro atoms. The zero-order valence-electron chi connectivity index (χ0n) is 18.0. The van der Waals surface area contributed by atoms with Crippen molar-refractivity contribution in [2.24, 2.45) is 11.7 Å². The number of amides is 2. The maximum Gasteiger partial charge on any atom is 0.326 e. The van der Waals surface area contributed by atoms with E-state index < -0.39 is 35.9 Å². The van der Waals surface area contributed by atoms with E-state index in [2.05, 4.69) is 10.6 Å².